The van der Waals surface area contributed by atoms with E-state index in [1.807, 2.05) is 18.5 Å². The molecule has 1 saturated heterocycles. The summed E-state index contributed by atoms with van der Waals surface area (Å²) in [7, 11) is 2.06. The average molecular weight is 449 g/mol. The summed E-state index contributed by atoms with van der Waals surface area (Å²) >= 11 is 0. The molecule has 6 rings (SSSR count). The molecule has 3 aromatic heterocycles. The van der Waals surface area contributed by atoms with Crippen molar-refractivity contribution in [1.29, 1.82) is 0 Å². The van der Waals surface area contributed by atoms with Crippen LogP contribution in [0.4, 0.5) is 0 Å². The van der Waals surface area contributed by atoms with Gasteiger partial charge in [0.05, 0.1) is 28.6 Å². The Balaban J connectivity index is 1.26. The lowest BCUT2D eigenvalue weighted by molar-refractivity contribution is 0.322. The van der Waals surface area contributed by atoms with Crippen molar-refractivity contribution in [2.24, 2.45) is 18.7 Å². The summed E-state index contributed by atoms with van der Waals surface area (Å²) in [5.41, 5.74) is 14.5. The van der Waals surface area contributed by atoms with Gasteiger partial charge in [0.2, 0.25) is 0 Å². The van der Waals surface area contributed by atoms with Crippen molar-refractivity contribution < 1.29 is 0 Å². The number of nitrogens with one attached hydrogen (secondary N) is 1. The summed E-state index contributed by atoms with van der Waals surface area (Å²) < 4.78 is 2.12. The van der Waals surface area contributed by atoms with Gasteiger partial charge in [0.1, 0.15) is 0 Å². The number of nitrogens with zero attached hydrogens (tertiary/aromatic N) is 4. The fourth-order valence-electron chi connectivity index (χ4n) is 4.98. The molecule has 1 fully saturated rings. The quantitative estimate of drug-likeness (QED) is 0.411. The van der Waals surface area contributed by atoms with Crippen molar-refractivity contribution >= 4 is 21.9 Å². The molecule has 6 heteroatoms. The Morgan fingerprint density at radius 1 is 0.882 bits per heavy atom. The number of aromatic nitrogens is 4. The minimum absolute atomic E-state index is 0.0410. The lowest BCUT2D eigenvalue weighted by atomic mass is 9.87. The van der Waals surface area contributed by atoms with Crippen LogP contribution in [0.25, 0.3) is 44.5 Å². The molecule has 3 N–H and O–H groups in total. The summed E-state index contributed by atoms with van der Waals surface area (Å²) in [6, 6.07) is 18.9. The van der Waals surface area contributed by atoms with E-state index >= 15 is 0 Å². The van der Waals surface area contributed by atoms with Crippen LogP contribution < -0.4 is 11.1 Å². The maximum Gasteiger partial charge on any atom is 0.0894 e. The molecule has 5 aromatic rings. The first-order valence-electron chi connectivity index (χ1n) is 11.9. The number of benzene rings is 2. The number of hydrogen-bond donors (Lipinski definition) is 2. The number of aryl methyl sites for hydroxylation is 1. The first-order valence-corrected chi connectivity index (χ1v) is 11.9. The number of pyridine rings is 1. The van der Waals surface area contributed by atoms with Gasteiger partial charge in [-0.2, -0.15) is 0 Å². The van der Waals surface area contributed by atoms with Crippen molar-refractivity contribution in [3.63, 3.8) is 0 Å². The molecule has 34 heavy (non-hydrogen) atoms. The van der Waals surface area contributed by atoms with Crippen LogP contribution in [0.1, 0.15) is 24.4 Å². The molecule has 0 amide bonds. The summed E-state index contributed by atoms with van der Waals surface area (Å²) in [6.45, 7) is 2.09. The van der Waals surface area contributed by atoms with Gasteiger partial charge in [0.25, 0.3) is 0 Å². The van der Waals surface area contributed by atoms with Gasteiger partial charge in [0, 0.05) is 42.1 Å². The smallest absolute Gasteiger partial charge is 0.0894 e. The molecule has 0 radical (unpaired) electrons. The topological polar surface area (TPSA) is 81.7 Å². The molecular formula is C28H28N6. The predicted molar refractivity (Wildman–Crippen MR) is 137 cm³/mol. The van der Waals surface area contributed by atoms with E-state index in [4.69, 9.17) is 20.7 Å². The van der Waals surface area contributed by atoms with Crippen molar-refractivity contribution in [3.05, 3.63) is 78.8 Å². The molecular weight excluding hydrogens is 420 g/mol. The van der Waals surface area contributed by atoms with Crippen LogP contribution in [0.5, 0.6) is 0 Å². The average Bonchev–Trinajstić information content (AvgIpc) is 3.28. The Labute approximate surface area is 198 Å². The van der Waals surface area contributed by atoms with E-state index < -0.39 is 0 Å². The molecule has 1 aliphatic rings. The van der Waals surface area contributed by atoms with Gasteiger partial charge < -0.3 is 15.6 Å². The number of hydrogen-bond acceptors (Lipinski definition) is 5. The lowest BCUT2D eigenvalue weighted by Gasteiger charge is -2.28. The third-order valence-electron chi connectivity index (χ3n) is 7.08. The third-order valence-corrected chi connectivity index (χ3v) is 7.08. The summed E-state index contributed by atoms with van der Waals surface area (Å²) in [4.78, 5) is 14.3. The Morgan fingerprint density at radius 2 is 1.71 bits per heavy atom. The first kappa shape index (κ1) is 21.0. The van der Waals surface area contributed by atoms with E-state index in [1.165, 1.54) is 10.9 Å². The minimum atomic E-state index is 0.0410. The van der Waals surface area contributed by atoms with Gasteiger partial charge in [-0.25, -0.2) is 4.98 Å². The van der Waals surface area contributed by atoms with E-state index in [2.05, 4.69) is 71.7 Å². The zero-order chi connectivity index (χ0) is 23.1. The molecule has 2 aromatic carbocycles. The second kappa shape index (κ2) is 8.63. The van der Waals surface area contributed by atoms with Gasteiger partial charge in [-0.1, -0.05) is 24.3 Å². The highest BCUT2D eigenvalue weighted by Gasteiger charge is 2.22. The Hall–Kier alpha value is -3.61. The molecule has 1 atom stereocenters. The van der Waals surface area contributed by atoms with Crippen LogP contribution in [-0.4, -0.2) is 32.6 Å². The number of nitrogens with two attached hydrogens (primary N) is 1. The van der Waals surface area contributed by atoms with E-state index in [-0.39, 0.29) is 6.04 Å². The normalized spacial score (nSPS) is 15.7. The molecule has 6 nitrogen and oxygen atoms in total. The van der Waals surface area contributed by atoms with Crippen LogP contribution in [0.15, 0.2) is 73.2 Å². The highest BCUT2D eigenvalue weighted by atomic mass is 14.9. The van der Waals surface area contributed by atoms with Crippen LogP contribution in [-0.2, 0) is 7.05 Å². The highest BCUT2D eigenvalue weighted by molar-refractivity contribution is 5.86. The van der Waals surface area contributed by atoms with E-state index in [1.54, 1.807) is 0 Å². The molecule has 1 unspecified atom stereocenters. The highest BCUT2D eigenvalue weighted by Crippen LogP contribution is 2.29. The van der Waals surface area contributed by atoms with Crippen LogP contribution in [0.3, 0.4) is 0 Å². The summed E-state index contributed by atoms with van der Waals surface area (Å²) in [6.07, 6.45) is 8.09. The lowest BCUT2D eigenvalue weighted by Crippen LogP contribution is -2.33. The number of fused-ring (bicyclic) bond motifs is 2. The Bertz CT molecular complexity index is 1460. The Kier molecular flexibility index (Phi) is 5.32. The van der Waals surface area contributed by atoms with Gasteiger partial charge in [0.15, 0.2) is 0 Å². The number of rotatable bonds is 4. The fourth-order valence-corrected chi connectivity index (χ4v) is 4.98. The standard InChI is InChI=1S/C28H28N6/c1-34-13-10-18-2-3-21(15-27(18)34)26-17-32-25-14-20(4-7-24(25)33-26)23-6-5-22(16-31-23)28(29)19-8-11-30-12-9-19/h2-7,10,13-17,19,28,30H,8-9,11-12,29H2,1H3. The molecule has 4 heterocycles. The maximum absolute atomic E-state index is 6.54. The zero-order valence-corrected chi connectivity index (χ0v) is 19.3. The zero-order valence-electron chi connectivity index (χ0n) is 19.3. The third kappa shape index (κ3) is 3.85. The molecule has 0 saturated carbocycles. The van der Waals surface area contributed by atoms with Crippen molar-refractivity contribution in [1.82, 2.24) is 24.8 Å². The monoisotopic (exact) mass is 448 g/mol. The van der Waals surface area contributed by atoms with Crippen molar-refractivity contribution in [2.75, 3.05) is 13.1 Å². The minimum Gasteiger partial charge on any atom is -0.351 e. The maximum atomic E-state index is 6.54. The van der Waals surface area contributed by atoms with Crippen LogP contribution in [0, 0.1) is 5.92 Å². The van der Waals surface area contributed by atoms with Gasteiger partial charge in [-0.15, -0.1) is 0 Å². The van der Waals surface area contributed by atoms with E-state index in [0.717, 1.165) is 65.0 Å². The predicted octanol–water partition coefficient (Wildman–Crippen LogP) is 4.85. The van der Waals surface area contributed by atoms with E-state index in [0.29, 0.717) is 5.92 Å². The van der Waals surface area contributed by atoms with Gasteiger partial charge >= 0.3 is 0 Å². The second-order valence-corrected chi connectivity index (χ2v) is 9.25. The first-order chi connectivity index (χ1) is 16.7. The molecule has 0 bridgehead atoms. The van der Waals surface area contributed by atoms with Crippen molar-refractivity contribution in [3.8, 4) is 22.5 Å². The fraction of sp³-hybridized carbons (Fsp3) is 0.250. The Morgan fingerprint density at radius 3 is 2.53 bits per heavy atom. The molecule has 170 valence electrons. The van der Waals surface area contributed by atoms with Crippen LogP contribution >= 0.6 is 0 Å². The molecule has 0 aliphatic carbocycles. The summed E-state index contributed by atoms with van der Waals surface area (Å²) in [5.74, 6) is 0.515. The second-order valence-electron chi connectivity index (χ2n) is 9.25. The number of piperidine rings is 1. The largest absolute Gasteiger partial charge is 0.351 e. The van der Waals surface area contributed by atoms with Gasteiger partial charge in [-0.05, 0) is 73.1 Å². The van der Waals surface area contributed by atoms with E-state index in [9.17, 15) is 0 Å². The molecule has 0 spiro atoms. The van der Waals surface area contributed by atoms with Gasteiger partial charge in [-0.3, -0.25) is 9.97 Å². The SMILES string of the molecule is Cn1ccc2ccc(-c3cnc4cc(-c5ccc(C(N)C6CCNCC6)cn5)ccc4n3)cc21. The van der Waals surface area contributed by atoms with Crippen LogP contribution in [0.2, 0.25) is 0 Å². The summed E-state index contributed by atoms with van der Waals surface area (Å²) in [5, 5.41) is 4.63. The molecule has 1 aliphatic heterocycles. The van der Waals surface area contributed by atoms with Crippen molar-refractivity contribution in [2.45, 2.75) is 18.9 Å².